The summed E-state index contributed by atoms with van der Waals surface area (Å²) in [4.78, 5) is 7.23. The average molecular weight is 529 g/mol. The van der Waals surface area contributed by atoms with Gasteiger partial charge in [-0.2, -0.15) is 0 Å². The van der Waals surface area contributed by atoms with Crippen LogP contribution >= 0.6 is 0 Å². The van der Waals surface area contributed by atoms with Crippen LogP contribution in [0.1, 0.15) is 70.0 Å². The van der Waals surface area contributed by atoms with E-state index < -0.39 is 11.9 Å². The molecule has 2 aliphatic rings. The summed E-state index contributed by atoms with van der Waals surface area (Å²) in [6, 6.07) is 12.5. The van der Waals surface area contributed by atoms with Gasteiger partial charge in [-0.15, -0.1) is 0 Å². The van der Waals surface area contributed by atoms with E-state index in [1.807, 2.05) is 6.92 Å². The Kier molecular flexibility index (Phi) is 9.93. The summed E-state index contributed by atoms with van der Waals surface area (Å²) in [7, 11) is 2.23. The Morgan fingerprint density at radius 3 is 2.16 bits per heavy atom. The lowest BCUT2D eigenvalue weighted by Crippen LogP contribution is -2.69. The lowest BCUT2D eigenvalue weighted by Gasteiger charge is -2.52. The molecule has 0 spiro atoms. The highest BCUT2D eigenvalue weighted by molar-refractivity contribution is 5.32. The number of nitrogens with zero attached hydrogens (tertiary/aromatic N) is 3. The van der Waals surface area contributed by atoms with Crippen LogP contribution in [0.25, 0.3) is 0 Å². The van der Waals surface area contributed by atoms with E-state index in [0.717, 1.165) is 43.1 Å². The van der Waals surface area contributed by atoms with Gasteiger partial charge in [0.2, 0.25) is 0 Å². The largest absolute Gasteiger partial charge is 0.363 e. The second-order valence-electron chi connectivity index (χ2n) is 11.7. The summed E-state index contributed by atoms with van der Waals surface area (Å²) >= 11 is 0. The molecule has 2 aromatic rings. The minimum Gasteiger partial charge on any atom is -0.363 e. The van der Waals surface area contributed by atoms with Crippen molar-refractivity contribution in [1.29, 1.82) is 0 Å². The SMILES string of the molecule is CCC1CN(CCC2CCCN(C)CC2)CC(C)N1C(C)(O)NC(c1ccc(F)cc1)c1ccc(F)cc1. The zero-order chi connectivity index (χ0) is 27.3. The molecule has 2 N–H and O–H groups in total. The van der Waals surface area contributed by atoms with Crippen molar-refractivity contribution in [3.8, 4) is 0 Å². The normalized spacial score (nSPS) is 25.8. The number of likely N-dealkylation sites (tertiary alicyclic amines) is 1. The number of rotatable bonds is 9. The van der Waals surface area contributed by atoms with Gasteiger partial charge in [-0.3, -0.25) is 10.2 Å². The smallest absolute Gasteiger partial charge is 0.172 e. The molecule has 2 fully saturated rings. The molecule has 5 nitrogen and oxygen atoms in total. The molecule has 0 saturated carbocycles. The van der Waals surface area contributed by atoms with Crippen LogP contribution in [0.3, 0.4) is 0 Å². The summed E-state index contributed by atoms with van der Waals surface area (Å²) in [6.07, 6.45) is 6.06. The number of hydrogen-bond acceptors (Lipinski definition) is 5. The zero-order valence-electron chi connectivity index (χ0n) is 23.5. The maximum absolute atomic E-state index is 13.7. The molecule has 0 amide bonds. The zero-order valence-corrected chi connectivity index (χ0v) is 23.5. The van der Waals surface area contributed by atoms with Gasteiger partial charge in [0.1, 0.15) is 11.6 Å². The molecule has 0 aliphatic carbocycles. The summed E-state index contributed by atoms with van der Waals surface area (Å²) in [5.74, 6) is -1.16. The minimum absolute atomic E-state index is 0.138. The van der Waals surface area contributed by atoms with Crippen molar-refractivity contribution in [2.24, 2.45) is 5.92 Å². The van der Waals surface area contributed by atoms with Crippen molar-refractivity contribution in [2.45, 2.75) is 76.8 Å². The van der Waals surface area contributed by atoms with Gasteiger partial charge in [0.15, 0.2) is 5.85 Å². The van der Waals surface area contributed by atoms with Gasteiger partial charge in [-0.05, 0) is 114 Å². The molecule has 4 rings (SSSR count). The van der Waals surface area contributed by atoms with Crippen molar-refractivity contribution < 1.29 is 13.9 Å². The third-order valence-electron chi connectivity index (χ3n) is 8.58. The van der Waals surface area contributed by atoms with E-state index in [2.05, 4.69) is 40.9 Å². The monoisotopic (exact) mass is 528 g/mol. The molecular formula is C31H46F2N4O. The Bertz CT molecular complexity index is 954. The van der Waals surface area contributed by atoms with Gasteiger partial charge in [0.25, 0.3) is 0 Å². The molecule has 210 valence electrons. The Labute approximate surface area is 227 Å². The van der Waals surface area contributed by atoms with Crippen molar-refractivity contribution in [2.75, 3.05) is 39.8 Å². The first-order valence-corrected chi connectivity index (χ1v) is 14.4. The second-order valence-corrected chi connectivity index (χ2v) is 11.7. The van der Waals surface area contributed by atoms with Crippen LogP contribution in [-0.2, 0) is 0 Å². The molecule has 4 atom stereocenters. The molecule has 0 bridgehead atoms. The highest BCUT2D eigenvalue weighted by Gasteiger charge is 2.43. The van der Waals surface area contributed by atoms with Crippen LogP contribution < -0.4 is 5.32 Å². The van der Waals surface area contributed by atoms with Crippen molar-refractivity contribution in [1.82, 2.24) is 20.0 Å². The Morgan fingerprint density at radius 2 is 1.58 bits per heavy atom. The highest BCUT2D eigenvalue weighted by Crippen LogP contribution is 2.31. The van der Waals surface area contributed by atoms with Gasteiger partial charge in [0.05, 0.1) is 6.04 Å². The summed E-state index contributed by atoms with van der Waals surface area (Å²) < 4.78 is 27.4. The van der Waals surface area contributed by atoms with E-state index >= 15 is 0 Å². The standard InChI is InChI=1S/C31H46F2N4O/c1-5-29-22-36(20-17-24-7-6-18-35(4)19-16-24)21-23(2)37(29)31(3,38)34-30(25-8-12-27(32)13-9-25)26-10-14-28(33)15-11-26/h8-15,23-24,29-30,34,38H,5-7,16-22H2,1-4H3. The topological polar surface area (TPSA) is 42.0 Å². The van der Waals surface area contributed by atoms with Gasteiger partial charge in [-0.1, -0.05) is 31.2 Å². The van der Waals surface area contributed by atoms with Crippen molar-refractivity contribution in [3.63, 3.8) is 0 Å². The summed E-state index contributed by atoms with van der Waals surface area (Å²) in [6.45, 7) is 11.5. The van der Waals surface area contributed by atoms with E-state index in [9.17, 15) is 13.9 Å². The third kappa shape index (κ3) is 7.39. The maximum Gasteiger partial charge on any atom is 0.172 e. The van der Waals surface area contributed by atoms with Crippen LogP contribution in [0, 0.1) is 17.6 Å². The first kappa shape index (κ1) is 29.1. The Balaban J connectivity index is 1.47. The molecule has 4 unspecified atom stereocenters. The van der Waals surface area contributed by atoms with Gasteiger partial charge in [-0.25, -0.2) is 8.78 Å². The van der Waals surface area contributed by atoms with E-state index in [4.69, 9.17) is 0 Å². The second kappa shape index (κ2) is 13.0. The molecular weight excluding hydrogens is 482 g/mol. The number of aliphatic hydroxyl groups is 1. The fraction of sp³-hybridized carbons (Fsp3) is 0.613. The van der Waals surface area contributed by atoms with Crippen molar-refractivity contribution >= 4 is 0 Å². The van der Waals surface area contributed by atoms with Gasteiger partial charge >= 0.3 is 0 Å². The lowest BCUT2D eigenvalue weighted by molar-refractivity contribution is -0.181. The van der Waals surface area contributed by atoms with Gasteiger partial charge < -0.3 is 14.9 Å². The summed E-state index contributed by atoms with van der Waals surface area (Å²) in [5, 5.41) is 15.4. The number of benzene rings is 2. The fourth-order valence-corrected chi connectivity index (χ4v) is 6.56. The molecule has 2 aliphatic heterocycles. The summed E-state index contributed by atoms with van der Waals surface area (Å²) in [5.41, 5.74) is 1.62. The molecule has 2 saturated heterocycles. The Hall–Kier alpha value is -1.90. The molecule has 0 aromatic heterocycles. The molecule has 38 heavy (non-hydrogen) atoms. The predicted molar refractivity (Wildman–Crippen MR) is 150 cm³/mol. The van der Waals surface area contributed by atoms with E-state index in [-0.39, 0.29) is 23.7 Å². The number of nitrogens with one attached hydrogen (secondary N) is 1. The highest BCUT2D eigenvalue weighted by atomic mass is 19.1. The van der Waals surface area contributed by atoms with Crippen LogP contribution in [0.15, 0.2) is 48.5 Å². The van der Waals surface area contributed by atoms with Crippen LogP contribution in [0.4, 0.5) is 8.78 Å². The maximum atomic E-state index is 13.7. The van der Waals surface area contributed by atoms with E-state index in [1.165, 1.54) is 63.0 Å². The molecule has 7 heteroatoms. The minimum atomic E-state index is -1.33. The molecule has 2 heterocycles. The first-order chi connectivity index (χ1) is 18.2. The van der Waals surface area contributed by atoms with E-state index in [0.29, 0.717) is 0 Å². The molecule has 2 aromatic carbocycles. The van der Waals surface area contributed by atoms with Crippen LogP contribution in [0.5, 0.6) is 0 Å². The number of halogens is 2. The van der Waals surface area contributed by atoms with Crippen LogP contribution in [-0.4, -0.2) is 77.5 Å². The fourth-order valence-electron chi connectivity index (χ4n) is 6.56. The number of hydrogen-bond donors (Lipinski definition) is 2. The lowest BCUT2D eigenvalue weighted by atomic mass is 9.95. The quantitative estimate of drug-likeness (QED) is 0.437. The average Bonchev–Trinajstić information content (AvgIpc) is 3.10. The first-order valence-electron chi connectivity index (χ1n) is 14.4. The predicted octanol–water partition coefficient (Wildman–Crippen LogP) is 5.22. The van der Waals surface area contributed by atoms with Gasteiger partial charge in [0, 0.05) is 25.2 Å². The van der Waals surface area contributed by atoms with Crippen LogP contribution in [0.2, 0.25) is 0 Å². The Morgan fingerprint density at radius 1 is 0.974 bits per heavy atom. The number of piperazine rings is 1. The molecule has 0 radical (unpaired) electrons. The third-order valence-corrected chi connectivity index (χ3v) is 8.58. The van der Waals surface area contributed by atoms with E-state index in [1.54, 1.807) is 24.3 Å². The van der Waals surface area contributed by atoms with Crippen molar-refractivity contribution in [3.05, 3.63) is 71.3 Å².